The highest BCUT2D eigenvalue weighted by molar-refractivity contribution is 7.21. The Labute approximate surface area is 135 Å². The lowest BCUT2D eigenvalue weighted by Gasteiger charge is -2.06. The third-order valence-corrected chi connectivity index (χ3v) is 4.70. The number of hydrogen-bond donors (Lipinski definition) is 2. The van der Waals surface area contributed by atoms with Crippen LogP contribution < -0.4 is 10.9 Å². The molecule has 1 heterocycles. The maximum absolute atomic E-state index is 13.3. The minimum atomic E-state index is -0.423. The number of amides is 2. The Bertz CT molecular complexity index is 890. The van der Waals surface area contributed by atoms with Crippen LogP contribution in [-0.4, -0.2) is 11.8 Å². The van der Waals surface area contributed by atoms with E-state index in [9.17, 15) is 14.0 Å². The number of halogens is 1. The van der Waals surface area contributed by atoms with Crippen LogP contribution in [0, 0.1) is 12.7 Å². The van der Waals surface area contributed by atoms with Gasteiger partial charge in [-0.2, -0.15) is 0 Å². The monoisotopic (exact) mass is 328 g/mol. The van der Waals surface area contributed by atoms with Gasteiger partial charge in [-0.25, -0.2) is 4.39 Å². The number of carbonyl (C=O) groups excluding carboxylic acids is 2. The lowest BCUT2D eigenvalue weighted by atomic mass is 10.1. The van der Waals surface area contributed by atoms with Gasteiger partial charge < -0.3 is 0 Å². The highest BCUT2D eigenvalue weighted by Gasteiger charge is 2.16. The summed E-state index contributed by atoms with van der Waals surface area (Å²) in [6.45, 7) is 1.76. The van der Waals surface area contributed by atoms with Gasteiger partial charge in [-0.3, -0.25) is 20.4 Å². The van der Waals surface area contributed by atoms with Crippen molar-refractivity contribution in [3.63, 3.8) is 0 Å². The van der Waals surface area contributed by atoms with Crippen molar-refractivity contribution in [3.05, 3.63) is 70.4 Å². The van der Waals surface area contributed by atoms with E-state index in [2.05, 4.69) is 10.9 Å². The van der Waals surface area contributed by atoms with Crippen molar-refractivity contribution in [2.45, 2.75) is 6.92 Å². The van der Waals surface area contributed by atoms with Gasteiger partial charge in [0.25, 0.3) is 11.8 Å². The minimum absolute atomic E-state index is 0.345. The number of hydrogen-bond acceptors (Lipinski definition) is 3. The first-order valence-corrected chi connectivity index (χ1v) is 7.72. The zero-order valence-corrected chi connectivity index (χ0v) is 13.0. The molecule has 0 bridgehead atoms. The number of benzene rings is 2. The third kappa shape index (κ3) is 3.07. The smallest absolute Gasteiger partial charge is 0.267 e. The van der Waals surface area contributed by atoms with Gasteiger partial charge in [-0.1, -0.05) is 18.2 Å². The van der Waals surface area contributed by atoms with E-state index >= 15 is 0 Å². The van der Waals surface area contributed by atoms with Crippen molar-refractivity contribution >= 4 is 33.2 Å². The maximum Gasteiger partial charge on any atom is 0.280 e. The summed E-state index contributed by atoms with van der Waals surface area (Å²) in [7, 11) is 0. The zero-order valence-electron chi connectivity index (χ0n) is 12.2. The molecule has 1 aromatic heterocycles. The first-order chi connectivity index (χ1) is 11.1. The molecule has 2 amide bonds. The summed E-state index contributed by atoms with van der Waals surface area (Å²) < 4.78 is 14.1. The van der Waals surface area contributed by atoms with Gasteiger partial charge in [-0.15, -0.1) is 11.3 Å². The Kier molecular flexibility index (Phi) is 4.08. The summed E-state index contributed by atoms with van der Waals surface area (Å²) in [5.74, 6) is -1.17. The minimum Gasteiger partial charge on any atom is -0.267 e. The van der Waals surface area contributed by atoms with Crippen LogP contribution >= 0.6 is 11.3 Å². The molecule has 6 heteroatoms. The van der Waals surface area contributed by atoms with E-state index < -0.39 is 11.8 Å². The molecule has 0 saturated carbocycles. The fourth-order valence-electron chi connectivity index (χ4n) is 2.24. The molecule has 2 aromatic carbocycles. The van der Waals surface area contributed by atoms with Crippen molar-refractivity contribution in [3.8, 4) is 0 Å². The molecule has 4 nitrogen and oxygen atoms in total. The Morgan fingerprint density at radius 1 is 1.00 bits per heavy atom. The Morgan fingerprint density at radius 2 is 1.70 bits per heavy atom. The fourth-order valence-corrected chi connectivity index (χ4v) is 3.33. The predicted octanol–water partition coefficient (Wildman–Crippen LogP) is 3.42. The number of rotatable bonds is 2. The molecule has 0 aliphatic heterocycles. The summed E-state index contributed by atoms with van der Waals surface area (Å²) in [6.07, 6.45) is 0. The van der Waals surface area contributed by atoms with Gasteiger partial charge in [0, 0.05) is 10.3 Å². The van der Waals surface area contributed by atoms with Crippen LogP contribution in [0.1, 0.15) is 25.6 Å². The van der Waals surface area contributed by atoms with Gasteiger partial charge in [0.05, 0.1) is 4.88 Å². The molecular formula is C17H13FN2O2S. The van der Waals surface area contributed by atoms with Crippen LogP contribution in [0.5, 0.6) is 0 Å². The van der Waals surface area contributed by atoms with Gasteiger partial charge in [0.15, 0.2) is 0 Å². The second kappa shape index (κ2) is 6.18. The second-order valence-electron chi connectivity index (χ2n) is 4.97. The fraction of sp³-hybridized carbons (Fsp3) is 0.0588. The first-order valence-electron chi connectivity index (χ1n) is 6.90. The molecule has 0 atom stereocenters. The molecule has 23 heavy (non-hydrogen) atoms. The Hall–Kier alpha value is -2.73. The van der Waals surface area contributed by atoms with Crippen molar-refractivity contribution < 1.29 is 14.0 Å². The lowest BCUT2D eigenvalue weighted by Crippen LogP contribution is -2.41. The van der Waals surface area contributed by atoms with E-state index in [1.165, 1.54) is 23.5 Å². The number of fused-ring (bicyclic) bond motifs is 1. The second-order valence-corrected chi connectivity index (χ2v) is 6.02. The molecule has 2 N–H and O–H groups in total. The average Bonchev–Trinajstić information content (AvgIpc) is 2.90. The summed E-state index contributed by atoms with van der Waals surface area (Å²) in [5.41, 5.74) is 5.90. The number of thiophene rings is 1. The highest BCUT2D eigenvalue weighted by atomic mass is 32.1. The normalized spacial score (nSPS) is 10.5. The third-order valence-electron chi connectivity index (χ3n) is 3.43. The highest BCUT2D eigenvalue weighted by Crippen LogP contribution is 2.31. The molecule has 0 radical (unpaired) electrons. The van der Waals surface area contributed by atoms with E-state index in [4.69, 9.17) is 0 Å². The van der Waals surface area contributed by atoms with Crippen LogP contribution in [0.2, 0.25) is 0 Å². The maximum atomic E-state index is 13.3. The summed E-state index contributed by atoms with van der Waals surface area (Å²) in [4.78, 5) is 24.6. The summed E-state index contributed by atoms with van der Waals surface area (Å²) >= 11 is 1.26. The van der Waals surface area contributed by atoms with Crippen LogP contribution in [-0.2, 0) is 0 Å². The predicted molar refractivity (Wildman–Crippen MR) is 87.9 cm³/mol. The van der Waals surface area contributed by atoms with Crippen molar-refractivity contribution in [1.29, 1.82) is 0 Å². The molecule has 3 rings (SSSR count). The Balaban J connectivity index is 1.76. The summed E-state index contributed by atoms with van der Waals surface area (Å²) in [5, 5.41) is 0.703. The van der Waals surface area contributed by atoms with Crippen molar-refractivity contribution in [2.24, 2.45) is 0 Å². The SMILES string of the molecule is Cc1c(C(=O)NNC(=O)c2ccccc2)sc2ccc(F)cc12. The van der Waals surface area contributed by atoms with E-state index in [-0.39, 0.29) is 5.82 Å². The molecule has 0 aliphatic rings. The topological polar surface area (TPSA) is 58.2 Å². The van der Waals surface area contributed by atoms with E-state index in [1.54, 1.807) is 43.3 Å². The Morgan fingerprint density at radius 3 is 2.43 bits per heavy atom. The molecule has 0 spiro atoms. The zero-order chi connectivity index (χ0) is 16.4. The molecule has 0 saturated heterocycles. The van der Waals surface area contributed by atoms with Crippen LogP contribution in [0.15, 0.2) is 48.5 Å². The molecule has 116 valence electrons. The van der Waals surface area contributed by atoms with E-state index in [0.717, 1.165) is 4.70 Å². The van der Waals surface area contributed by atoms with Gasteiger partial charge >= 0.3 is 0 Å². The first kappa shape index (κ1) is 15.2. The van der Waals surface area contributed by atoms with E-state index in [1.807, 2.05) is 0 Å². The van der Waals surface area contributed by atoms with Gasteiger partial charge in [0.1, 0.15) is 5.82 Å². The molecular weight excluding hydrogens is 315 g/mol. The quantitative estimate of drug-likeness (QED) is 0.708. The van der Waals surface area contributed by atoms with Gasteiger partial charge in [-0.05, 0) is 48.2 Å². The van der Waals surface area contributed by atoms with Crippen LogP contribution in [0.3, 0.4) is 0 Å². The number of carbonyl (C=O) groups is 2. The molecule has 0 fully saturated rings. The van der Waals surface area contributed by atoms with Crippen molar-refractivity contribution in [1.82, 2.24) is 10.9 Å². The van der Waals surface area contributed by atoms with E-state index in [0.29, 0.717) is 21.4 Å². The largest absolute Gasteiger partial charge is 0.280 e. The number of nitrogens with one attached hydrogen (secondary N) is 2. The van der Waals surface area contributed by atoms with Crippen LogP contribution in [0.25, 0.3) is 10.1 Å². The number of aryl methyl sites for hydroxylation is 1. The molecule has 0 aliphatic carbocycles. The van der Waals surface area contributed by atoms with Gasteiger partial charge in [0.2, 0.25) is 0 Å². The van der Waals surface area contributed by atoms with Crippen LogP contribution in [0.4, 0.5) is 4.39 Å². The summed E-state index contributed by atoms with van der Waals surface area (Å²) in [6, 6.07) is 13.0. The number of hydrazine groups is 1. The molecule has 0 unspecified atom stereocenters. The standard InChI is InChI=1S/C17H13FN2O2S/c1-10-13-9-12(18)7-8-14(13)23-15(10)17(22)20-19-16(21)11-5-3-2-4-6-11/h2-9H,1H3,(H,19,21)(H,20,22). The van der Waals surface area contributed by atoms with Crippen molar-refractivity contribution in [2.75, 3.05) is 0 Å². The molecule has 3 aromatic rings. The lowest BCUT2D eigenvalue weighted by molar-refractivity contribution is 0.0848. The average molecular weight is 328 g/mol.